The number of rotatable bonds is 8. The van der Waals surface area contributed by atoms with Crippen molar-refractivity contribution in [2.45, 2.75) is 63.1 Å². The number of hydrogen-bond acceptors (Lipinski definition) is 7. The van der Waals surface area contributed by atoms with E-state index in [1.807, 2.05) is 0 Å². The first-order valence-electron chi connectivity index (χ1n) is 10.8. The second kappa shape index (κ2) is 8.61. The number of thioether (sulfide) groups is 1. The Morgan fingerprint density at radius 1 is 1.26 bits per heavy atom. The zero-order valence-corrected chi connectivity index (χ0v) is 18.5. The molecule has 0 N–H and O–H groups in total. The van der Waals surface area contributed by atoms with Gasteiger partial charge in [-0.2, -0.15) is 4.98 Å². The molecule has 2 fully saturated rings. The smallest absolute Gasteiger partial charge is 0.223 e. The molecule has 0 radical (unpaired) electrons. The Morgan fingerprint density at radius 2 is 2.13 bits per heavy atom. The lowest BCUT2D eigenvalue weighted by Crippen LogP contribution is -2.24. The molecule has 2 saturated carbocycles. The van der Waals surface area contributed by atoms with Crippen molar-refractivity contribution in [2.75, 3.05) is 0 Å². The largest absolute Gasteiger partial charge is 0.483 e. The van der Waals surface area contributed by atoms with E-state index in [-0.39, 0.29) is 24.2 Å². The van der Waals surface area contributed by atoms with Crippen LogP contribution in [-0.2, 0) is 12.4 Å². The molecule has 9 heteroatoms. The van der Waals surface area contributed by atoms with Crippen LogP contribution < -0.4 is 4.74 Å². The standard InChI is InChI=1S/C22H26FN5O2S/c1-13(17-10-15-7-8-16(17)9-15)28-21(11-29-19-6-4-3-5-18(19)23)25-26-22(28)31-12-20-24-14(2)30-27-20/h3-6,13,15-17H,7-12H2,1-2H3. The minimum atomic E-state index is -0.378. The third-order valence-electron chi connectivity index (χ3n) is 6.65. The summed E-state index contributed by atoms with van der Waals surface area (Å²) in [4.78, 5) is 4.28. The zero-order valence-electron chi connectivity index (χ0n) is 17.7. The molecule has 164 valence electrons. The van der Waals surface area contributed by atoms with Gasteiger partial charge in [0.05, 0.1) is 5.75 Å². The van der Waals surface area contributed by atoms with Crippen LogP contribution >= 0.6 is 11.8 Å². The van der Waals surface area contributed by atoms with Gasteiger partial charge < -0.3 is 9.26 Å². The van der Waals surface area contributed by atoms with E-state index in [0.717, 1.165) is 17.0 Å². The molecular formula is C22H26FN5O2S. The molecule has 0 spiro atoms. The fourth-order valence-electron chi connectivity index (χ4n) is 5.22. The quantitative estimate of drug-likeness (QED) is 0.454. The average Bonchev–Trinajstić information content (AvgIpc) is 3.55. The van der Waals surface area contributed by atoms with Gasteiger partial charge >= 0.3 is 0 Å². The molecule has 31 heavy (non-hydrogen) atoms. The minimum Gasteiger partial charge on any atom is -0.483 e. The van der Waals surface area contributed by atoms with Crippen molar-refractivity contribution in [2.24, 2.45) is 17.8 Å². The number of halogens is 1. The summed E-state index contributed by atoms with van der Waals surface area (Å²) in [6.07, 6.45) is 5.26. The van der Waals surface area contributed by atoms with E-state index in [2.05, 4.69) is 31.8 Å². The predicted molar refractivity (Wildman–Crippen MR) is 113 cm³/mol. The number of aromatic nitrogens is 5. The molecular weight excluding hydrogens is 417 g/mol. The molecule has 0 saturated heterocycles. The monoisotopic (exact) mass is 443 g/mol. The highest BCUT2D eigenvalue weighted by atomic mass is 32.2. The SMILES string of the molecule is Cc1nc(CSc2nnc(COc3ccccc3F)n2C(C)C2CC3CCC2C3)no1. The number of fused-ring (bicyclic) bond motifs is 2. The van der Waals surface area contributed by atoms with Gasteiger partial charge in [0.25, 0.3) is 0 Å². The molecule has 2 aliphatic carbocycles. The number of benzene rings is 1. The number of hydrogen-bond donors (Lipinski definition) is 0. The Labute approximate surface area is 184 Å². The van der Waals surface area contributed by atoms with Crippen LogP contribution in [0.4, 0.5) is 4.39 Å². The molecule has 2 aromatic heterocycles. The van der Waals surface area contributed by atoms with Crippen molar-refractivity contribution in [3.8, 4) is 5.75 Å². The topological polar surface area (TPSA) is 78.9 Å². The van der Waals surface area contributed by atoms with Gasteiger partial charge in [-0.25, -0.2) is 4.39 Å². The van der Waals surface area contributed by atoms with E-state index in [9.17, 15) is 4.39 Å². The van der Waals surface area contributed by atoms with Crippen molar-refractivity contribution in [3.05, 3.63) is 47.6 Å². The normalized spacial score (nSPS) is 23.4. The van der Waals surface area contributed by atoms with Crippen molar-refractivity contribution >= 4 is 11.8 Å². The highest BCUT2D eigenvalue weighted by Gasteiger charge is 2.43. The van der Waals surface area contributed by atoms with Gasteiger partial charge in [-0.3, -0.25) is 4.57 Å². The average molecular weight is 444 g/mol. The molecule has 0 aliphatic heterocycles. The van der Waals surface area contributed by atoms with Gasteiger partial charge in [0.2, 0.25) is 5.89 Å². The summed E-state index contributed by atoms with van der Waals surface area (Å²) in [5.41, 5.74) is 0. The highest BCUT2D eigenvalue weighted by molar-refractivity contribution is 7.98. The lowest BCUT2D eigenvalue weighted by molar-refractivity contribution is 0.215. The van der Waals surface area contributed by atoms with Crippen LogP contribution in [0.5, 0.6) is 5.75 Å². The molecule has 4 unspecified atom stereocenters. The number of ether oxygens (including phenoxy) is 1. The third-order valence-corrected chi connectivity index (χ3v) is 7.59. The van der Waals surface area contributed by atoms with Crippen LogP contribution in [-0.4, -0.2) is 24.9 Å². The molecule has 3 aromatic rings. The number of aryl methyl sites for hydroxylation is 1. The summed E-state index contributed by atoms with van der Waals surface area (Å²) in [6.45, 7) is 4.20. The summed E-state index contributed by atoms with van der Waals surface area (Å²) in [5.74, 6) is 4.51. The van der Waals surface area contributed by atoms with Gasteiger partial charge in [-0.1, -0.05) is 35.5 Å². The van der Waals surface area contributed by atoms with Crippen LogP contribution in [0.2, 0.25) is 0 Å². The van der Waals surface area contributed by atoms with Crippen molar-refractivity contribution < 1.29 is 13.7 Å². The van der Waals surface area contributed by atoms with Crippen LogP contribution in [0.25, 0.3) is 0 Å². The summed E-state index contributed by atoms with van der Waals surface area (Å²) in [7, 11) is 0. The fourth-order valence-corrected chi connectivity index (χ4v) is 6.11. The molecule has 2 bridgehead atoms. The second-order valence-electron chi connectivity index (χ2n) is 8.59. The predicted octanol–water partition coefficient (Wildman–Crippen LogP) is 4.98. The Bertz CT molecular complexity index is 1050. The number of para-hydroxylation sites is 1. The highest BCUT2D eigenvalue weighted by Crippen LogP contribution is 2.52. The van der Waals surface area contributed by atoms with Crippen LogP contribution in [0.1, 0.15) is 56.2 Å². The maximum absolute atomic E-state index is 14.0. The fraction of sp³-hybridized carbons (Fsp3) is 0.545. The maximum Gasteiger partial charge on any atom is 0.223 e. The van der Waals surface area contributed by atoms with Crippen LogP contribution in [0.3, 0.4) is 0 Å². The van der Waals surface area contributed by atoms with E-state index >= 15 is 0 Å². The molecule has 0 amide bonds. The lowest BCUT2D eigenvalue weighted by atomic mass is 9.84. The van der Waals surface area contributed by atoms with Gasteiger partial charge in [0.1, 0.15) is 6.61 Å². The zero-order chi connectivity index (χ0) is 21.4. The number of nitrogens with zero attached hydrogens (tertiary/aromatic N) is 5. The Morgan fingerprint density at radius 3 is 2.84 bits per heavy atom. The molecule has 5 rings (SSSR count). The first-order chi connectivity index (χ1) is 15.1. The molecule has 2 aliphatic rings. The second-order valence-corrected chi connectivity index (χ2v) is 9.53. The van der Waals surface area contributed by atoms with Crippen molar-refractivity contribution in [1.29, 1.82) is 0 Å². The van der Waals surface area contributed by atoms with Crippen molar-refractivity contribution in [3.63, 3.8) is 0 Å². The summed E-state index contributed by atoms with van der Waals surface area (Å²) in [5, 5.41) is 13.6. The van der Waals surface area contributed by atoms with Crippen LogP contribution in [0, 0.1) is 30.5 Å². The van der Waals surface area contributed by atoms with E-state index in [1.165, 1.54) is 31.7 Å². The molecule has 7 nitrogen and oxygen atoms in total. The van der Waals surface area contributed by atoms with Gasteiger partial charge in [-0.15, -0.1) is 10.2 Å². The van der Waals surface area contributed by atoms with Gasteiger partial charge in [0, 0.05) is 13.0 Å². The van der Waals surface area contributed by atoms with Crippen molar-refractivity contribution in [1.82, 2.24) is 24.9 Å². The molecule has 1 aromatic carbocycles. The Kier molecular flexibility index (Phi) is 5.69. The maximum atomic E-state index is 14.0. The third kappa shape index (κ3) is 4.20. The first kappa shape index (κ1) is 20.5. The first-order valence-corrected chi connectivity index (χ1v) is 11.8. The summed E-state index contributed by atoms with van der Waals surface area (Å²) < 4.78 is 27.1. The van der Waals surface area contributed by atoms with E-state index in [0.29, 0.717) is 29.2 Å². The van der Waals surface area contributed by atoms with E-state index < -0.39 is 0 Å². The Hall–Kier alpha value is -2.42. The van der Waals surface area contributed by atoms with E-state index in [1.54, 1.807) is 36.9 Å². The van der Waals surface area contributed by atoms with E-state index in [4.69, 9.17) is 9.26 Å². The van der Waals surface area contributed by atoms with Gasteiger partial charge in [-0.05, 0) is 56.1 Å². The molecule has 4 atom stereocenters. The summed E-state index contributed by atoms with van der Waals surface area (Å²) in [6, 6.07) is 6.68. The van der Waals surface area contributed by atoms with Crippen LogP contribution in [0.15, 0.2) is 33.9 Å². The van der Waals surface area contributed by atoms with Gasteiger partial charge in [0.15, 0.2) is 28.4 Å². The molecule has 2 heterocycles. The Balaban J connectivity index is 1.38. The lowest BCUT2D eigenvalue weighted by Gasteiger charge is -2.30. The minimum absolute atomic E-state index is 0.168. The summed E-state index contributed by atoms with van der Waals surface area (Å²) >= 11 is 1.54.